The number of rotatable bonds is 4. The Morgan fingerprint density at radius 1 is 0.935 bits per heavy atom. The minimum absolute atomic E-state index is 0.227. The van der Waals surface area contributed by atoms with Gasteiger partial charge in [0.2, 0.25) is 5.95 Å². The summed E-state index contributed by atoms with van der Waals surface area (Å²) in [6.45, 7) is 4.82. The fourth-order valence-electron chi connectivity index (χ4n) is 3.68. The number of fused-ring (bicyclic) bond motifs is 1. The van der Waals surface area contributed by atoms with Crippen molar-refractivity contribution in [3.8, 4) is 5.75 Å². The van der Waals surface area contributed by atoms with Crippen molar-refractivity contribution in [1.82, 2.24) is 25.3 Å². The maximum atomic E-state index is 11.9. The van der Waals surface area contributed by atoms with Crippen molar-refractivity contribution >= 4 is 45.7 Å². The molecule has 31 heavy (non-hydrogen) atoms. The second kappa shape index (κ2) is 9.03. The zero-order valence-corrected chi connectivity index (χ0v) is 18.5. The first kappa shape index (κ1) is 20.6. The van der Waals surface area contributed by atoms with Gasteiger partial charge in [-0.15, -0.1) is 0 Å². The smallest absolute Gasteiger partial charge is 0.228 e. The average Bonchev–Trinajstić information content (AvgIpc) is 2.81. The maximum absolute atomic E-state index is 11.9. The predicted molar refractivity (Wildman–Crippen MR) is 123 cm³/mol. The highest BCUT2D eigenvalue weighted by atomic mass is 32.2. The number of nitrogens with zero attached hydrogens (tertiary/aromatic N) is 6. The Hall–Kier alpha value is -2.34. The second-order valence-electron chi connectivity index (χ2n) is 7.39. The first-order valence-corrected chi connectivity index (χ1v) is 12.5. The number of phenols is 1. The number of aromatic nitrogens is 4. The van der Waals surface area contributed by atoms with Crippen LogP contribution in [0.15, 0.2) is 40.5 Å². The zero-order valence-electron chi connectivity index (χ0n) is 16.9. The molecular weight excluding hydrogens is 434 g/mol. The van der Waals surface area contributed by atoms with Crippen LogP contribution in [0.5, 0.6) is 5.75 Å². The normalized spacial score (nSPS) is 18.0. The van der Waals surface area contributed by atoms with E-state index in [4.69, 9.17) is 9.97 Å². The molecule has 0 unspecified atom stereocenters. The highest BCUT2D eigenvalue weighted by Crippen LogP contribution is 2.35. The number of hydrogen-bond acceptors (Lipinski definition) is 10. The molecule has 2 aliphatic rings. The van der Waals surface area contributed by atoms with E-state index in [1.54, 1.807) is 18.5 Å². The molecule has 11 heteroatoms. The topological polar surface area (TPSA) is 113 Å². The quantitative estimate of drug-likeness (QED) is 0.438. The summed E-state index contributed by atoms with van der Waals surface area (Å²) in [5, 5.41) is 13.7. The van der Waals surface area contributed by atoms with E-state index in [1.807, 2.05) is 12.1 Å². The van der Waals surface area contributed by atoms with Crippen LogP contribution in [-0.4, -0.2) is 80.4 Å². The van der Waals surface area contributed by atoms with Crippen LogP contribution < -0.4 is 15.1 Å². The van der Waals surface area contributed by atoms with Gasteiger partial charge in [-0.3, -0.25) is 0 Å². The lowest BCUT2D eigenvalue weighted by Crippen LogP contribution is -2.45. The third-order valence-electron chi connectivity index (χ3n) is 5.35. The van der Waals surface area contributed by atoms with Gasteiger partial charge < -0.3 is 24.8 Å². The van der Waals surface area contributed by atoms with Gasteiger partial charge in [0.25, 0.3) is 0 Å². The number of aromatic hydroxyl groups is 1. The molecule has 162 valence electrons. The van der Waals surface area contributed by atoms with Crippen molar-refractivity contribution in [2.24, 2.45) is 0 Å². The van der Waals surface area contributed by atoms with Gasteiger partial charge in [-0.2, -0.15) is 4.98 Å². The van der Waals surface area contributed by atoms with E-state index >= 15 is 0 Å². The Labute approximate surface area is 187 Å². The molecule has 9 nitrogen and oxygen atoms in total. The molecule has 3 aromatic rings. The van der Waals surface area contributed by atoms with Crippen molar-refractivity contribution in [1.29, 1.82) is 0 Å². The van der Waals surface area contributed by atoms with Crippen LogP contribution >= 0.6 is 11.8 Å². The van der Waals surface area contributed by atoms with Gasteiger partial charge in [0.05, 0.1) is 13.1 Å². The van der Waals surface area contributed by atoms with E-state index in [-0.39, 0.29) is 5.75 Å². The first-order valence-electron chi connectivity index (χ1n) is 10.2. The van der Waals surface area contributed by atoms with Crippen LogP contribution in [0.25, 0.3) is 11.0 Å². The number of anilines is 2. The van der Waals surface area contributed by atoms with Crippen molar-refractivity contribution in [2.45, 2.75) is 9.92 Å². The zero-order chi connectivity index (χ0) is 21.2. The summed E-state index contributed by atoms with van der Waals surface area (Å²) in [5.74, 6) is 2.96. The van der Waals surface area contributed by atoms with E-state index in [9.17, 15) is 9.66 Å². The molecule has 0 amide bonds. The molecule has 0 spiro atoms. The van der Waals surface area contributed by atoms with Gasteiger partial charge in [0, 0.05) is 31.1 Å². The molecule has 0 aliphatic carbocycles. The van der Waals surface area contributed by atoms with Gasteiger partial charge >= 0.3 is 0 Å². The summed E-state index contributed by atoms with van der Waals surface area (Å²) in [4.78, 5) is 24.2. The number of phenolic OH excluding ortho intramolecular Hbond substituents is 1. The second-order valence-corrected chi connectivity index (χ2v) is 10.1. The van der Waals surface area contributed by atoms with E-state index in [1.165, 1.54) is 11.8 Å². The highest BCUT2D eigenvalue weighted by molar-refractivity contribution is 7.99. The molecular formula is C20H23N7O2S2. The summed E-state index contributed by atoms with van der Waals surface area (Å²) < 4.78 is 11.9. The van der Waals surface area contributed by atoms with Gasteiger partial charge in [0.15, 0.2) is 5.82 Å². The van der Waals surface area contributed by atoms with Gasteiger partial charge in [-0.05, 0) is 24.3 Å². The van der Waals surface area contributed by atoms with Crippen molar-refractivity contribution in [2.75, 3.05) is 60.6 Å². The van der Waals surface area contributed by atoms with Gasteiger partial charge in [-0.25, -0.2) is 15.0 Å². The van der Waals surface area contributed by atoms with Crippen LogP contribution in [0.1, 0.15) is 0 Å². The number of nitrogens with one attached hydrogen (secondary N) is 1. The Morgan fingerprint density at radius 3 is 2.42 bits per heavy atom. The van der Waals surface area contributed by atoms with E-state index < -0.39 is 11.2 Å². The molecule has 0 atom stereocenters. The van der Waals surface area contributed by atoms with Gasteiger partial charge in [-0.1, -0.05) is 22.9 Å². The lowest BCUT2D eigenvalue weighted by Gasteiger charge is -2.31. The minimum Gasteiger partial charge on any atom is -0.616 e. The standard InChI is InChI=1S/C20H23N7O2S2/c28-14-1-3-15(4-2-14)30-19-17-16(22-13-23-19)18(26-9-11-31(29)12-10-26)25-20(24-17)27-7-5-21-6-8-27/h1-4,13,21,28H,5-12H2. The molecule has 2 saturated heterocycles. The fourth-order valence-corrected chi connectivity index (χ4v) is 5.56. The molecule has 4 heterocycles. The molecule has 2 fully saturated rings. The van der Waals surface area contributed by atoms with Crippen LogP contribution in [0.4, 0.5) is 11.8 Å². The molecule has 2 aliphatic heterocycles. The molecule has 0 radical (unpaired) electrons. The number of piperazine rings is 1. The summed E-state index contributed by atoms with van der Waals surface area (Å²) in [7, 11) is 0. The monoisotopic (exact) mass is 457 g/mol. The van der Waals surface area contributed by atoms with E-state index in [0.717, 1.165) is 41.9 Å². The summed E-state index contributed by atoms with van der Waals surface area (Å²) in [6.07, 6.45) is 1.55. The molecule has 0 saturated carbocycles. The van der Waals surface area contributed by atoms with Gasteiger partial charge in [0.1, 0.15) is 39.6 Å². The van der Waals surface area contributed by atoms with Crippen LogP contribution in [-0.2, 0) is 11.2 Å². The third kappa shape index (κ3) is 4.49. The number of hydrogen-bond donors (Lipinski definition) is 2. The van der Waals surface area contributed by atoms with Crippen LogP contribution in [0.2, 0.25) is 0 Å². The van der Waals surface area contributed by atoms with E-state index in [0.29, 0.717) is 41.6 Å². The summed E-state index contributed by atoms with van der Waals surface area (Å²) >= 11 is 0.714. The predicted octanol–water partition coefficient (Wildman–Crippen LogP) is 1.25. The first-order chi connectivity index (χ1) is 15.2. The number of benzene rings is 1. The Balaban J connectivity index is 1.59. The molecule has 0 bridgehead atoms. The third-order valence-corrected chi connectivity index (χ3v) is 7.62. The largest absolute Gasteiger partial charge is 0.616 e. The molecule has 2 N–H and O–H groups in total. The lowest BCUT2D eigenvalue weighted by molar-refractivity contribution is 0.475. The van der Waals surface area contributed by atoms with E-state index in [2.05, 4.69) is 25.1 Å². The summed E-state index contributed by atoms with van der Waals surface area (Å²) in [6, 6.07) is 7.03. The SMILES string of the molecule is [O-][S+]1CCN(c2nc(N3CCNCC3)nc3c(Sc4ccc(O)cc4)ncnc23)CC1. The van der Waals surface area contributed by atoms with Crippen molar-refractivity contribution in [3.05, 3.63) is 30.6 Å². The molecule has 1 aromatic carbocycles. The Bertz CT molecular complexity index is 1060. The van der Waals surface area contributed by atoms with Crippen LogP contribution in [0, 0.1) is 0 Å². The molecule has 2 aromatic heterocycles. The average molecular weight is 458 g/mol. The summed E-state index contributed by atoms with van der Waals surface area (Å²) in [5.41, 5.74) is 1.42. The lowest BCUT2D eigenvalue weighted by atomic mass is 10.3. The van der Waals surface area contributed by atoms with Crippen LogP contribution in [0.3, 0.4) is 0 Å². The fraction of sp³-hybridized carbons (Fsp3) is 0.400. The maximum Gasteiger partial charge on any atom is 0.228 e. The Kier molecular flexibility index (Phi) is 5.99. The van der Waals surface area contributed by atoms with Crippen molar-refractivity contribution in [3.63, 3.8) is 0 Å². The Morgan fingerprint density at radius 2 is 1.68 bits per heavy atom. The highest BCUT2D eigenvalue weighted by Gasteiger charge is 2.26. The minimum atomic E-state index is -0.772. The van der Waals surface area contributed by atoms with Crippen molar-refractivity contribution < 1.29 is 9.66 Å². The molecule has 5 rings (SSSR count).